The van der Waals surface area contributed by atoms with Crippen molar-refractivity contribution in [1.82, 2.24) is 4.90 Å². The summed E-state index contributed by atoms with van der Waals surface area (Å²) in [5, 5.41) is 0. The maximum absolute atomic E-state index is 5.89. The molecule has 96 valence electrons. The molecule has 0 saturated heterocycles. The molecule has 1 aliphatic rings. The Morgan fingerprint density at radius 2 is 2.12 bits per heavy atom. The molecule has 1 saturated carbocycles. The van der Waals surface area contributed by atoms with Crippen LogP contribution in [0.25, 0.3) is 0 Å². The Hall–Kier alpha value is -0.800. The molecule has 1 aliphatic carbocycles. The number of nitrogens with two attached hydrogens (primary N) is 1. The van der Waals surface area contributed by atoms with Crippen molar-refractivity contribution < 1.29 is 4.42 Å². The minimum absolute atomic E-state index is 0.226. The Kier molecular flexibility index (Phi) is 4.24. The molecule has 0 amide bonds. The highest BCUT2D eigenvalue weighted by molar-refractivity contribution is 5.10. The molecule has 17 heavy (non-hydrogen) atoms. The highest BCUT2D eigenvalue weighted by atomic mass is 16.3. The SMILES string of the molecule is Cc1ccc(C(CN)N(C)CC2CCCC2)o1. The maximum Gasteiger partial charge on any atom is 0.122 e. The summed E-state index contributed by atoms with van der Waals surface area (Å²) in [6.45, 7) is 3.74. The van der Waals surface area contributed by atoms with E-state index in [0.717, 1.165) is 24.0 Å². The molecule has 3 nitrogen and oxygen atoms in total. The second kappa shape index (κ2) is 5.69. The van der Waals surface area contributed by atoms with Gasteiger partial charge in [-0.25, -0.2) is 0 Å². The smallest absolute Gasteiger partial charge is 0.122 e. The molecule has 1 atom stereocenters. The van der Waals surface area contributed by atoms with Crippen LogP contribution in [0.15, 0.2) is 16.5 Å². The van der Waals surface area contributed by atoms with Gasteiger partial charge in [-0.2, -0.15) is 0 Å². The van der Waals surface area contributed by atoms with Crippen LogP contribution in [0, 0.1) is 12.8 Å². The molecule has 0 aromatic carbocycles. The summed E-state index contributed by atoms with van der Waals surface area (Å²) in [6.07, 6.45) is 5.54. The first-order valence-corrected chi connectivity index (χ1v) is 6.67. The first kappa shape index (κ1) is 12.7. The van der Waals surface area contributed by atoms with Gasteiger partial charge in [-0.1, -0.05) is 12.8 Å². The molecule has 0 aliphatic heterocycles. The molecular formula is C14H24N2O. The van der Waals surface area contributed by atoms with Gasteiger partial charge >= 0.3 is 0 Å². The third-order valence-corrected chi connectivity index (χ3v) is 3.87. The van der Waals surface area contributed by atoms with Gasteiger partial charge in [0.1, 0.15) is 11.5 Å². The molecule has 1 aromatic rings. The van der Waals surface area contributed by atoms with E-state index in [0.29, 0.717) is 6.54 Å². The molecule has 1 fully saturated rings. The standard InChI is InChI=1S/C14H24N2O/c1-11-7-8-14(17-11)13(9-15)16(2)10-12-5-3-4-6-12/h7-8,12-13H,3-6,9-10,15H2,1-2H3. The lowest BCUT2D eigenvalue weighted by atomic mass is 10.1. The first-order chi connectivity index (χ1) is 8.20. The van der Waals surface area contributed by atoms with Gasteiger partial charge in [0.25, 0.3) is 0 Å². The Morgan fingerprint density at radius 1 is 1.41 bits per heavy atom. The molecule has 0 spiro atoms. The van der Waals surface area contributed by atoms with Crippen molar-refractivity contribution in [3.8, 4) is 0 Å². The number of hydrogen-bond acceptors (Lipinski definition) is 3. The molecule has 2 rings (SSSR count). The quantitative estimate of drug-likeness (QED) is 0.854. The molecule has 0 bridgehead atoms. The number of aryl methyl sites for hydroxylation is 1. The fourth-order valence-corrected chi connectivity index (χ4v) is 2.87. The van der Waals surface area contributed by atoms with E-state index in [2.05, 4.69) is 18.0 Å². The minimum Gasteiger partial charge on any atom is -0.465 e. The predicted molar refractivity (Wildman–Crippen MR) is 69.8 cm³/mol. The molecule has 1 aromatic heterocycles. The van der Waals surface area contributed by atoms with Gasteiger partial charge in [-0.15, -0.1) is 0 Å². The highest BCUT2D eigenvalue weighted by Crippen LogP contribution is 2.28. The molecule has 1 heterocycles. The Bertz CT molecular complexity index is 342. The topological polar surface area (TPSA) is 42.4 Å². The van der Waals surface area contributed by atoms with Crippen molar-refractivity contribution in [2.45, 2.75) is 38.6 Å². The summed E-state index contributed by atoms with van der Waals surface area (Å²) in [5.41, 5.74) is 5.89. The molecule has 0 radical (unpaired) electrons. The average molecular weight is 236 g/mol. The van der Waals surface area contributed by atoms with Gasteiger partial charge in [0.2, 0.25) is 0 Å². The molecular weight excluding hydrogens is 212 g/mol. The monoisotopic (exact) mass is 236 g/mol. The van der Waals surface area contributed by atoms with Crippen LogP contribution in [-0.4, -0.2) is 25.0 Å². The Morgan fingerprint density at radius 3 is 2.65 bits per heavy atom. The van der Waals surface area contributed by atoms with Crippen molar-refractivity contribution in [3.63, 3.8) is 0 Å². The van der Waals surface area contributed by atoms with Crippen LogP contribution < -0.4 is 5.73 Å². The highest BCUT2D eigenvalue weighted by Gasteiger charge is 2.23. The van der Waals surface area contributed by atoms with E-state index in [1.165, 1.54) is 25.7 Å². The largest absolute Gasteiger partial charge is 0.465 e. The lowest BCUT2D eigenvalue weighted by Crippen LogP contribution is -2.33. The fraction of sp³-hybridized carbons (Fsp3) is 0.714. The summed E-state index contributed by atoms with van der Waals surface area (Å²) in [5.74, 6) is 2.82. The lowest BCUT2D eigenvalue weighted by Gasteiger charge is -2.27. The van der Waals surface area contributed by atoms with E-state index < -0.39 is 0 Å². The third kappa shape index (κ3) is 3.11. The lowest BCUT2D eigenvalue weighted by molar-refractivity contribution is 0.189. The summed E-state index contributed by atoms with van der Waals surface area (Å²) in [6, 6.07) is 4.30. The number of rotatable bonds is 5. The van der Waals surface area contributed by atoms with Crippen LogP contribution in [-0.2, 0) is 0 Å². The number of furan rings is 1. The maximum atomic E-state index is 5.89. The van der Waals surface area contributed by atoms with Crippen LogP contribution in [0.1, 0.15) is 43.2 Å². The van der Waals surface area contributed by atoms with Gasteiger partial charge in [0.05, 0.1) is 6.04 Å². The van der Waals surface area contributed by atoms with Gasteiger partial charge in [0.15, 0.2) is 0 Å². The van der Waals surface area contributed by atoms with Crippen LogP contribution in [0.2, 0.25) is 0 Å². The van der Waals surface area contributed by atoms with Crippen molar-refractivity contribution in [2.75, 3.05) is 20.1 Å². The number of likely N-dealkylation sites (N-methyl/N-ethyl adjacent to an activating group) is 1. The van der Waals surface area contributed by atoms with E-state index in [4.69, 9.17) is 10.2 Å². The van der Waals surface area contributed by atoms with Gasteiger partial charge in [-0.3, -0.25) is 4.90 Å². The van der Waals surface area contributed by atoms with Crippen molar-refractivity contribution in [3.05, 3.63) is 23.7 Å². The van der Waals surface area contributed by atoms with Crippen LogP contribution in [0.3, 0.4) is 0 Å². The summed E-state index contributed by atoms with van der Waals surface area (Å²) in [7, 11) is 2.16. The van der Waals surface area contributed by atoms with Crippen molar-refractivity contribution >= 4 is 0 Å². The van der Waals surface area contributed by atoms with E-state index in [-0.39, 0.29) is 6.04 Å². The average Bonchev–Trinajstić information content (AvgIpc) is 2.91. The number of hydrogen-bond donors (Lipinski definition) is 1. The zero-order valence-corrected chi connectivity index (χ0v) is 11.0. The van der Waals surface area contributed by atoms with E-state index in [9.17, 15) is 0 Å². The first-order valence-electron chi connectivity index (χ1n) is 6.67. The van der Waals surface area contributed by atoms with E-state index >= 15 is 0 Å². The zero-order chi connectivity index (χ0) is 12.3. The predicted octanol–water partition coefficient (Wildman–Crippen LogP) is 2.71. The summed E-state index contributed by atoms with van der Waals surface area (Å²) < 4.78 is 5.70. The summed E-state index contributed by atoms with van der Waals surface area (Å²) >= 11 is 0. The zero-order valence-electron chi connectivity index (χ0n) is 11.0. The fourth-order valence-electron chi connectivity index (χ4n) is 2.87. The third-order valence-electron chi connectivity index (χ3n) is 3.87. The Labute approximate surface area is 104 Å². The van der Waals surface area contributed by atoms with Gasteiger partial charge in [-0.05, 0) is 44.9 Å². The normalized spacial score (nSPS) is 19.1. The van der Waals surface area contributed by atoms with Gasteiger partial charge < -0.3 is 10.2 Å². The summed E-state index contributed by atoms with van der Waals surface area (Å²) in [4.78, 5) is 2.36. The second-order valence-corrected chi connectivity index (χ2v) is 5.29. The minimum atomic E-state index is 0.226. The van der Waals surface area contributed by atoms with E-state index in [1.807, 2.05) is 13.0 Å². The molecule has 3 heteroatoms. The van der Waals surface area contributed by atoms with Crippen LogP contribution in [0.4, 0.5) is 0 Å². The van der Waals surface area contributed by atoms with Crippen LogP contribution >= 0.6 is 0 Å². The Balaban J connectivity index is 1.97. The van der Waals surface area contributed by atoms with Crippen molar-refractivity contribution in [2.24, 2.45) is 11.7 Å². The molecule has 1 unspecified atom stereocenters. The van der Waals surface area contributed by atoms with Crippen molar-refractivity contribution in [1.29, 1.82) is 0 Å². The number of nitrogens with zero attached hydrogens (tertiary/aromatic N) is 1. The second-order valence-electron chi connectivity index (χ2n) is 5.29. The van der Waals surface area contributed by atoms with E-state index in [1.54, 1.807) is 0 Å². The van der Waals surface area contributed by atoms with Crippen LogP contribution in [0.5, 0.6) is 0 Å². The van der Waals surface area contributed by atoms with Gasteiger partial charge in [0, 0.05) is 13.1 Å². The molecule has 2 N–H and O–H groups in total.